The van der Waals surface area contributed by atoms with Crippen LogP contribution in [0.1, 0.15) is 29.8 Å². The van der Waals surface area contributed by atoms with Crippen molar-refractivity contribution in [3.63, 3.8) is 0 Å². The number of carbonyl (C=O) groups excluding carboxylic acids is 1. The van der Waals surface area contributed by atoms with Crippen molar-refractivity contribution in [3.8, 4) is 11.5 Å². The third-order valence-corrected chi connectivity index (χ3v) is 6.99. The SMILES string of the molecule is COc1cccc(OC2(O)CCC(NC(=O)c3nc4cc(Cl)c(Cl)cc4[nH]c3=O)CC2CN(C)C)c1. The van der Waals surface area contributed by atoms with Gasteiger partial charge < -0.3 is 29.8 Å². The van der Waals surface area contributed by atoms with E-state index in [9.17, 15) is 14.7 Å². The summed E-state index contributed by atoms with van der Waals surface area (Å²) < 4.78 is 11.3. The number of aromatic amines is 1. The van der Waals surface area contributed by atoms with Crippen LogP contribution >= 0.6 is 23.2 Å². The van der Waals surface area contributed by atoms with Crippen molar-refractivity contribution < 1.29 is 19.4 Å². The average molecular weight is 535 g/mol. The average Bonchev–Trinajstić information content (AvgIpc) is 2.82. The van der Waals surface area contributed by atoms with Crippen molar-refractivity contribution in [2.24, 2.45) is 5.92 Å². The first-order valence-corrected chi connectivity index (χ1v) is 12.2. The number of fused-ring (bicyclic) bond motifs is 1. The largest absolute Gasteiger partial charge is 0.497 e. The molecule has 3 unspecified atom stereocenters. The fourth-order valence-electron chi connectivity index (χ4n) is 4.51. The molecule has 3 N–H and O–H groups in total. The number of rotatable bonds is 7. The highest BCUT2D eigenvalue weighted by atomic mass is 35.5. The molecule has 4 rings (SSSR count). The Hall–Kier alpha value is -2.85. The zero-order valence-corrected chi connectivity index (χ0v) is 21.7. The number of methoxy groups -OCH3 is 1. The molecule has 0 bridgehead atoms. The summed E-state index contributed by atoms with van der Waals surface area (Å²) in [4.78, 5) is 34.4. The highest BCUT2D eigenvalue weighted by Gasteiger charge is 2.45. The Balaban J connectivity index is 1.52. The first-order chi connectivity index (χ1) is 17.1. The topological polar surface area (TPSA) is 117 Å². The highest BCUT2D eigenvalue weighted by molar-refractivity contribution is 6.42. The van der Waals surface area contributed by atoms with E-state index in [1.54, 1.807) is 31.4 Å². The second kappa shape index (κ2) is 10.6. The minimum Gasteiger partial charge on any atom is -0.497 e. The first-order valence-electron chi connectivity index (χ1n) is 11.5. The van der Waals surface area contributed by atoms with Crippen molar-refractivity contribution in [2.45, 2.75) is 31.1 Å². The molecule has 0 saturated heterocycles. The summed E-state index contributed by atoms with van der Waals surface area (Å²) in [6, 6.07) is 9.77. The number of hydrogen-bond acceptors (Lipinski definition) is 7. The molecule has 1 amide bonds. The van der Waals surface area contributed by atoms with E-state index in [1.165, 1.54) is 12.1 Å². The second-order valence-corrected chi connectivity index (χ2v) is 10.0. The number of amides is 1. The molecular formula is C25H28Cl2N4O5. The number of aromatic nitrogens is 2. The summed E-state index contributed by atoms with van der Waals surface area (Å²) in [5, 5.41) is 14.9. The van der Waals surface area contributed by atoms with Crippen molar-refractivity contribution in [3.05, 3.63) is 62.5 Å². The zero-order valence-electron chi connectivity index (χ0n) is 20.2. The predicted molar refractivity (Wildman–Crippen MR) is 138 cm³/mol. The van der Waals surface area contributed by atoms with Crippen molar-refractivity contribution >= 4 is 40.1 Å². The van der Waals surface area contributed by atoms with Crippen LogP contribution in [0.4, 0.5) is 0 Å². The van der Waals surface area contributed by atoms with Crippen LogP contribution in [0.3, 0.4) is 0 Å². The quantitative estimate of drug-likeness (QED) is 0.397. The number of nitrogens with zero attached hydrogens (tertiary/aromatic N) is 2. The van der Waals surface area contributed by atoms with E-state index >= 15 is 0 Å². The summed E-state index contributed by atoms with van der Waals surface area (Å²) in [5.41, 5.74) is -0.158. The Bertz CT molecular complexity index is 1330. The molecule has 1 aromatic heterocycles. The number of H-pyrrole nitrogens is 1. The zero-order chi connectivity index (χ0) is 26.0. The lowest BCUT2D eigenvalue weighted by atomic mass is 9.80. The second-order valence-electron chi connectivity index (χ2n) is 9.23. The number of nitrogens with one attached hydrogen (secondary N) is 2. The summed E-state index contributed by atoms with van der Waals surface area (Å²) >= 11 is 12.1. The molecule has 9 nitrogen and oxygen atoms in total. The van der Waals surface area contributed by atoms with E-state index in [0.717, 1.165) is 0 Å². The van der Waals surface area contributed by atoms with Crippen LogP contribution in [0, 0.1) is 5.92 Å². The van der Waals surface area contributed by atoms with Crippen molar-refractivity contribution in [1.82, 2.24) is 20.2 Å². The van der Waals surface area contributed by atoms with Gasteiger partial charge in [0.1, 0.15) is 11.5 Å². The highest BCUT2D eigenvalue weighted by Crippen LogP contribution is 2.37. The van der Waals surface area contributed by atoms with Gasteiger partial charge in [-0.15, -0.1) is 0 Å². The Labute approximate surface area is 218 Å². The van der Waals surface area contributed by atoms with Gasteiger partial charge in [-0.25, -0.2) is 4.98 Å². The fourth-order valence-corrected chi connectivity index (χ4v) is 4.83. The van der Waals surface area contributed by atoms with Gasteiger partial charge in [0.2, 0.25) is 5.79 Å². The van der Waals surface area contributed by atoms with Crippen LogP contribution in [0.2, 0.25) is 10.0 Å². The van der Waals surface area contributed by atoms with Gasteiger partial charge in [-0.1, -0.05) is 29.3 Å². The molecular weight excluding hydrogens is 507 g/mol. The maximum Gasteiger partial charge on any atom is 0.280 e. The van der Waals surface area contributed by atoms with Gasteiger partial charge in [-0.3, -0.25) is 9.59 Å². The third-order valence-electron chi connectivity index (χ3n) is 6.26. The number of benzene rings is 2. The molecule has 1 aliphatic rings. The number of aliphatic hydroxyl groups is 1. The van der Waals surface area contributed by atoms with E-state index in [4.69, 9.17) is 32.7 Å². The number of hydrogen-bond donors (Lipinski definition) is 3. The predicted octanol–water partition coefficient (Wildman–Crippen LogP) is 3.47. The molecule has 3 aromatic rings. The molecule has 1 fully saturated rings. The Kier molecular flexibility index (Phi) is 7.75. The molecule has 1 saturated carbocycles. The van der Waals surface area contributed by atoms with Crippen LogP contribution in [0.15, 0.2) is 41.2 Å². The first kappa shape index (κ1) is 26.2. The molecule has 3 atom stereocenters. The fraction of sp³-hybridized carbons (Fsp3) is 0.400. The van der Waals surface area contributed by atoms with Crippen LogP contribution < -0.4 is 20.3 Å². The summed E-state index contributed by atoms with van der Waals surface area (Å²) in [6.07, 6.45) is 1.17. The molecule has 0 radical (unpaired) electrons. The molecule has 0 aliphatic heterocycles. The third kappa shape index (κ3) is 5.75. The molecule has 1 aliphatic carbocycles. The maximum absolute atomic E-state index is 13.0. The van der Waals surface area contributed by atoms with Gasteiger partial charge in [0, 0.05) is 31.0 Å². The molecule has 1 heterocycles. The van der Waals surface area contributed by atoms with Crippen LogP contribution in [0.25, 0.3) is 11.0 Å². The molecule has 36 heavy (non-hydrogen) atoms. The van der Waals surface area contributed by atoms with Crippen LogP contribution in [0.5, 0.6) is 11.5 Å². The van der Waals surface area contributed by atoms with Gasteiger partial charge in [0.15, 0.2) is 5.69 Å². The van der Waals surface area contributed by atoms with Gasteiger partial charge in [0.25, 0.3) is 11.5 Å². The minimum absolute atomic E-state index is 0.265. The number of ether oxygens (including phenoxy) is 2. The lowest BCUT2D eigenvalue weighted by molar-refractivity contribution is -0.202. The minimum atomic E-state index is -1.44. The van der Waals surface area contributed by atoms with Gasteiger partial charge in [-0.05, 0) is 51.2 Å². The van der Waals surface area contributed by atoms with Crippen molar-refractivity contribution in [1.29, 1.82) is 0 Å². The smallest absolute Gasteiger partial charge is 0.280 e. The maximum atomic E-state index is 13.0. The van der Waals surface area contributed by atoms with Crippen molar-refractivity contribution in [2.75, 3.05) is 27.7 Å². The van der Waals surface area contributed by atoms with Gasteiger partial charge in [-0.2, -0.15) is 0 Å². The standard InChI is InChI=1S/C25H28Cl2N4O5/c1-31(2)13-14-9-15(7-8-25(14,34)36-17-6-4-5-16(10-17)35-3)28-23(32)22-24(33)30-21-12-19(27)18(26)11-20(21)29-22/h4-6,10-12,14-15,34H,7-9,13H2,1-3H3,(H,28,32)(H,30,33). The van der Waals surface area contributed by atoms with Crippen LogP contribution in [-0.2, 0) is 0 Å². The Morgan fingerprint density at radius 1 is 1.25 bits per heavy atom. The molecule has 11 heteroatoms. The monoisotopic (exact) mass is 534 g/mol. The normalized spacial score (nSPS) is 22.0. The van der Waals surface area contributed by atoms with E-state index in [2.05, 4.69) is 15.3 Å². The summed E-state index contributed by atoms with van der Waals surface area (Å²) in [7, 11) is 5.38. The Morgan fingerprint density at radius 2 is 1.97 bits per heavy atom. The Morgan fingerprint density at radius 3 is 2.69 bits per heavy atom. The lowest BCUT2D eigenvalue weighted by Gasteiger charge is -2.43. The van der Waals surface area contributed by atoms with Gasteiger partial charge >= 0.3 is 0 Å². The number of halogens is 2. The van der Waals surface area contributed by atoms with E-state index in [1.807, 2.05) is 19.0 Å². The van der Waals surface area contributed by atoms with E-state index < -0.39 is 17.3 Å². The summed E-state index contributed by atoms with van der Waals surface area (Å²) in [6.45, 7) is 0.529. The molecule has 0 spiro atoms. The van der Waals surface area contributed by atoms with E-state index in [0.29, 0.717) is 41.9 Å². The van der Waals surface area contributed by atoms with Gasteiger partial charge in [0.05, 0.1) is 28.2 Å². The molecule has 2 aromatic carbocycles. The van der Waals surface area contributed by atoms with Crippen LogP contribution in [-0.4, -0.2) is 65.5 Å². The molecule has 192 valence electrons. The van der Waals surface area contributed by atoms with E-state index in [-0.39, 0.29) is 34.1 Å². The summed E-state index contributed by atoms with van der Waals surface area (Å²) in [5.74, 6) is -1.24. The lowest BCUT2D eigenvalue weighted by Crippen LogP contribution is -2.55. The number of carbonyl (C=O) groups is 1.